The van der Waals surface area contributed by atoms with Gasteiger partial charge in [-0.25, -0.2) is 4.39 Å². The van der Waals surface area contributed by atoms with E-state index in [1.165, 1.54) is 6.07 Å². The first kappa shape index (κ1) is 22.8. The number of nitrogens with one attached hydrogen (secondary N) is 1. The van der Waals surface area contributed by atoms with Crippen LogP contribution in [0.5, 0.6) is 0 Å². The molecule has 4 aromatic rings. The number of fused-ring (bicyclic) bond motifs is 1. The van der Waals surface area contributed by atoms with E-state index in [0.29, 0.717) is 23.7 Å². The van der Waals surface area contributed by atoms with Crippen LogP contribution in [0, 0.1) is 11.7 Å². The third-order valence-electron chi connectivity index (χ3n) is 6.42. The monoisotopic (exact) mass is 470 g/mol. The second-order valence-electron chi connectivity index (χ2n) is 8.97. The summed E-state index contributed by atoms with van der Waals surface area (Å²) in [6, 6.07) is 21.6. The lowest BCUT2D eigenvalue weighted by Crippen LogP contribution is -2.40. The van der Waals surface area contributed by atoms with E-state index in [2.05, 4.69) is 10.4 Å². The Bertz CT molecular complexity index is 1380. The molecule has 1 fully saturated rings. The van der Waals surface area contributed by atoms with E-state index in [0.717, 1.165) is 29.3 Å². The fourth-order valence-electron chi connectivity index (χ4n) is 4.42. The van der Waals surface area contributed by atoms with Gasteiger partial charge >= 0.3 is 0 Å². The molecule has 7 heteroatoms. The SMILES string of the molecule is Cn1nc(C(=O)NCCN(CC2CC2)C(=O)c2c(F)cccc2-c2ccccc2)c2ccccc21. The summed E-state index contributed by atoms with van der Waals surface area (Å²) in [4.78, 5) is 28.1. The van der Waals surface area contributed by atoms with Gasteiger partial charge in [0, 0.05) is 32.1 Å². The molecule has 35 heavy (non-hydrogen) atoms. The molecule has 1 aromatic heterocycles. The van der Waals surface area contributed by atoms with Gasteiger partial charge in [0.15, 0.2) is 5.69 Å². The average Bonchev–Trinajstić information content (AvgIpc) is 3.64. The molecular weight excluding hydrogens is 443 g/mol. The highest BCUT2D eigenvalue weighted by Gasteiger charge is 2.30. The molecule has 1 aliphatic carbocycles. The van der Waals surface area contributed by atoms with Gasteiger partial charge in [0.2, 0.25) is 0 Å². The van der Waals surface area contributed by atoms with Crippen LogP contribution >= 0.6 is 0 Å². The molecule has 3 aromatic carbocycles. The third kappa shape index (κ3) is 4.80. The number of benzene rings is 3. The number of halogens is 1. The molecule has 0 saturated heterocycles. The van der Waals surface area contributed by atoms with Gasteiger partial charge in [-0.1, -0.05) is 60.7 Å². The smallest absolute Gasteiger partial charge is 0.272 e. The van der Waals surface area contributed by atoms with Crippen molar-refractivity contribution < 1.29 is 14.0 Å². The molecule has 1 aliphatic rings. The van der Waals surface area contributed by atoms with Crippen molar-refractivity contribution >= 4 is 22.7 Å². The van der Waals surface area contributed by atoms with Crippen molar-refractivity contribution in [3.8, 4) is 11.1 Å². The van der Waals surface area contributed by atoms with E-state index in [1.54, 1.807) is 28.8 Å². The number of amides is 2. The molecule has 1 heterocycles. The van der Waals surface area contributed by atoms with Crippen LogP contribution in [0.25, 0.3) is 22.0 Å². The quantitative estimate of drug-likeness (QED) is 0.407. The topological polar surface area (TPSA) is 67.2 Å². The predicted octanol–water partition coefficient (Wildman–Crippen LogP) is 4.66. The fourth-order valence-corrected chi connectivity index (χ4v) is 4.42. The number of hydrogen-bond donors (Lipinski definition) is 1. The zero-order valence-corrected chi connectivity index (χ0v) is 19.6. The van der Waals surface area contributed by atoms with Gasteiger partial charge in [0.1, 0.15) is 5.82 Å². The van der Waals surface area contributed by atoms with Gasteiger partial charge in [-0.05, 0) is 42.0 Å². The van der Waals surface area contributed by atoms with Gasteiger partial charge < -0.3 is 10.2 Å². The van der Waals surface area contributed by atoms with Crippen LogP contribution in [0.4, 0.5) is 4.39 Å². The minimum Gasteiger partial charge on any atom is -0.349 e. The molecule has 0 bridgehead atoms. The lowest BCUT2D eigenvalue weighted by molar-refractivity contribution is 0.0737. The summed E-state index contributed by atoms with van der Waals surface area (Å²) in [6.45, 7) is 1.08. The summed E-state index contributed by atoms with van der Waals surface area (Å²) in [5.74, 6) is -0.773. The maximum absolute atomic E-state index is 15.0. The average molecular weight is 471 g/mol. The number of aromatic nitrogens is 2. The molecule has 0 aliphatic heterocycles. The van der Waals surface area contributed by atoms with Crippen LogP contribution in [0.1, 0.15) is 33.7 Å². The number of aryl methyl sites for hydroxylation is 1. The van der Waals surface area contributed by atoms with Crippen molar-refractivity contribution in [1.82, 2.24) is 20.0 Å². The van der Waals surface area contributed by atoms with Crippen molar-refractivity contribution in [2.24, 2.45) is 13.0 Å². The molecule has 6 nitrogen and oxygen atoms in total. The second kappa shape index (κ2) is 9.70. The highest BCUT2D eigenvalue weighted by Crippen LogP contribution is 2.32. The Hall–Kier alpha value is -4.00. The van der Waals surface area contributed by atoms with Gasteiger partial charge in [0.05, 0.1) is 11.1 Å². The van der Waals surface area contributed by atoms with E-state index in [1.807, 2.05) is 54.6 Å². The normalized spacial score (nSPS) is 13.1. The Kier molecular flexibility index (Phi) is 6.31. The number of nitrogens with zero attached hydrogens (tertiary/aromatic N) is 3. The van der Waals surface area contributed by atoms with Crippen LogP contribution in [0.2, 0.25) is 0 Å². The lowest BCUT2D eigenvalue weighted by Gasteiger charge is -2.24. The highest BCUT2D eigenvalue weighted by atomic mass is 19.1. The Morgan fingerprint density at radius 1 is 1.03 bits per heavy atom. The van der Waals surface area contributed by atoms with Crippen LogP contribution in [0.15, 0.2) is 72.8 Å². The summed E-state index contributed by atoms with van der Waals surface area (Å²) in [5.41, 5.74) is 2.65. The minimum absolute atomic E-state index is 0.0707. The third-order valence-corrected chi connectivity index (χ3v) is 6.42. The van der Waals surface area contributed by atoms with Crippen molar-refractivity contribution in [3.63, 3.8) is 0 Å². The Balaban J connectivity index is 1.34. The first-order valence-electron chi connectivity index (χ1n) is 11.9. The number of rotatable bonds is 8. The Morgan fingerprint density at radius 3 is 2.54 bits per heavy atom. The maximum atomic E-state index is 15.0. The molecule has 0 spiro atoms. The highest BCUT2D eigenvalue weighted by molar-refractivity contribution is 6.05. The largest absolute Gasteiger partial charge is 0.349 e. The summed E-state index contributed by atoms with van der Waals surface area (Å²) in [5, 5.41) is 8.03. The van der Waals surface area contributed by atoms with Crippen molar-refractivity contribution in [2.45, 2.75) is 12.8 Å². The van der Waals surface area contributed by atoms with Gasteiger partial charge in [-0.3, -0.25) is 14.3 Å². The molecule has 1 saturated carbocycles. The molecule has 0 atom stereocenters. The van der Waals surface area contributed by atoms with E-state index in [4.69, 9.17) is 0 Å². The number of hydrogen-bond acceptors (Lipinski definition) is 3. The molecule has 1 N–H and O–H groups in total. The summed E-state index contributed by atoms with van der Waals surface area (Å²) in [6.07, 6.45) is 2.11. The predicted molar refractivity (Wildman–Crippen MR) is 134 cm³/mol. The molecule has 5 rings (SSSR count). The van der Waals surface area contributed by atoms with Gasteiger partial charge in [-0.2, -0.15) is 5.10 Å². The molecule has 0 radical (unpaired) electrons. The molecule has 0 unspecified atom stereocenters. The fraction of sp³-hybridized carbons (Fsp3) is 0.250. The maximum Gasteiger partial charge on any atom is 0.272 e. The van der Waals surface area contributed by atoms with Crippen molar-refractivity contribution in [2.75, 3.05) is 19.6 Å². The van der Waals surface area contributed by atoms with E-state index < -0.39 is 5.82 Å². The second-order valence-corrected chi connectivity index (χ2v) is 8.97. The Labute approximate surface area is 203 Å². The number of para-hydroxylation sites is 1. The molecule has 178 valence electrons. The standard InChI is InChI=1S/C28H27FN4O2/c1-32-24-13-6-5-10-22(24)26(31-32)27(34)30-16-17-33(18-19-14-15-19)28(35)25-21(11-7-12-23(25)29)20-8-3-2-4-9-20/h2-13,19H,14-18H2,1H3,(H,30,34). The molecular formula is C28H27FN4O2. The Morgan fingerprint density at radius 2 is 1.77 bits per heavy atom. The summed E-state index contributed by atoms with van der Waals surface area (Å²) < 4.78 is 16.7. The first-order chi connectivity index (χ1) is 17.0. The van der Waals surface area contributed by atoms with Crippen LogP contribution in [0.3, 0.4) is 0 Å². The van der Waals surface area contributed by atoms with E-state index in [9.17, 15) is 14.0 Å². The van der Waals surface area contributed by atoms with Crippen LogP contribution < -0.4 is 5.32 Å². The van der Waals surface area contributed by atoms with Crippen molar-refractivity contribution in [1.29, 1.82) is 0 Å². The lowest BCUT2D eigenvalue weighted by atomic mass is 9.98. The van der Waals surface area contributed by atoms with Crippen molar-refractivity contribution in [3.05, 3.63) is 89.9 Å². The first-order valence-corrected chi connectivity index (χ1v) is 11.9. The number of carbonyl (C=O) groups is 2. The van der Waals surface area contributed by atoms with Crippen LogP contribution in [-0.4, -0.2) is 46.1 Å². The minimum atomic E-state index is -0.541. The van der Waals surface area contributed by atoms with E-state index in [-0.39, 0.29) is 30.5 Å². The molecule has 2 amide bonds. The number of carbonyl (C=O) groups excluding carboxylic acids is 2. The van der Waals surface area contributed by atoms with Gasteiger partial charge in [0.25, 0.3) is 11.8 Å². The summed E-state index contributed by atoms with van der Waals surface area (Å²) in [7, 11) is 1.80. The van der Waals surface area contributed by atoms with Crippen LogP contribution in [-0.2, 0) is 7.05 Å². The zero-order chi connectivity index (χ0) is 24.4. The van der Waals surface area contributed by atoms with Gasteiger partial charge in [-0.15, -0.1) is 0 Å². The van der Waals surface area contributed by atoms with E-state index >= 15 is 0 Å². The zero-order valence-electron chi connectivity index (χ0n) is 19.6. The summed E-state index contributed by atoms with van der Waals surface area (Å²) >= 11 is 0.